The van der Waals surface area contributed by atoms with Gasteiger partial charge in [0.05, 0.1) is 5.52 Å². The number of pyridine rings is 1. The molecule has 0 spiro atoms. The zero-order chi connectivity index (χ0) is 21.5. The minimum atomic E-state index is -0.916. The van der Waals surface area contributed by atoms with Crippen molar-refractivity contribution in [2.24, 2.45) is 0 Å². The summed E-state index contributed by atoms with van der Waals surface area (Å²) in [5.41, 5.74) is 3.88. The standard InChI is InChI=1S/C25H29FN2O2/c1-3-4-5-6-7-8-18-9-14-23-22(15-18)21(19-10-12-20(26)13-11-19)16-24(27-23)28(2)17-25(29)30/h9-16H,3-8,17H2,1-2H3,(H,29,30). The third-order valence-electron chi connectivity index (χ3n) is 5.35. The van der Waals surface area contributed by atoms with E-state index < -0.39 is 5.97 Å². The van der Waals surface area contributed by atoms with Crippen LogP contribution in [0, 0.1) is 5.82 Å². The van der Waals surface area contributed by atoms with E-state index in [1.807, 2.05) is 12.1 Å². The lowest BCUT2D eigenvalue weighted by molar-refractivity contribution is -0.135. The second-order valence-corrected chi connectivity index (χ2v) is 7.80. The summed E-state index contributed by atoms with van der Waals surface area (Å²) >= 11 is 0. The molecule has 0 saturated carbocycles. The molecule has 3 aromatic rings. The van der Waals surface area contributed by atoms with Crippen molar-refractivity contribution in [2.45, 2.75) is 45.4 Å². The quantitative estimate of drug-likeness (QED) is 0.413. The van der Waals surface area contributed by atoms with Crippen LogP contribution in [0.4, 0.5) is 10.2 Å². The number of hydrogen-bond acceptors (Lipinski definition) is 3. The molecule has 0 bridgehead atoms. The number of unbranched alkanes of at least 4 members (excludes halogenated alkanes) is 4. The minimum Gasteiger partial charge on any atom is -0.480 e. The predicted octanol–water partition coefficient (Wildman–Crippen LogP) is 6.07. The van der Waals surface area contributed by atoms with Crippen molar-refractivity contribution in [3.8, 4) is 11.1 Å². The molecule has 0 atom stereocenters. The van der Waals surface area contributed by atoms with Gasteiger partial charge in [-0.1, -0.05) is 50.8 Å². The lowest BCUT2D eigenvalue weighted by Crippen LogP contribution is -2.26. The maximum Gasteiger partial charge on any atom is 0.323 e. The highest BCUT2D eigenvalue weighted by Crippen LogP contribution is 2.32. The molecule has 30 heavy (non-hydrogen) atoms. The molecule has 2 aromatic carbocycles. The topological polar surface area (TPSA) is 53.4 Å². The second kappa shape index (κ2) is 10.2. The van der Waals surface area contributed by atoms with Crippen LogP contribution in [-0.2, 0) is 11.2 Å². The first-order chi connectivity index (χ1) is 14.5. The van der Waals surface area contributed by atoms with Crippen molar-refractivity contribution < 1.29 is 14.3 Å². The maximum atomic E-state index is 13.5. The van der Waals surface area contributed by atoms with E-state index in [0.717, 1.165) is 34.9 Å². The van der Waals surface area contributed by atoms with E-state index in [-0.39, 0.29) is 12.4 Å². The maximum absolute atomic E-state index is 13.5. The van der Waals surface area contributed by atoms with Crippen molar-refractivity contribution in [1.29, 1.82) is 0 Å². The van der Waals surface area contributed by atoms with Gasteiger partial charge in [-0.3, -0.25) is 4.79 Å². The molecule has 0 fully saturated rings. The summed E-state index contributed by atoms with van der Waals surface area (Å²) in [4.78, 5) is 17.4. The Morgan fingerprint density at radius 2 is 1.77 bits per heavy atom. The van der Waals surface area contributed by atoms with Gasteiger partial charge in [0.15, 0.2) is 0 Å². The fourth-order valence-electron chi connectivity index (χ4n) is 3.69. The van der Waals surface area contributed by atoms with E-state index in [9.17, 15) is 9.18 Å². The molecule has 0 aliphatic heterocycles. The first-order valence-electron chi connectivity index (χ1n) is 10.6. The number of hydrogen-bond donors (Lipinski definition) is 1. The van der Waals surface area contributed by atoms with Crippen LogP contribution in [-0.4, -0.2) is 29.7 Å². The third kappa shape index (κ3) is 5.56. The van der Waals surface area contributed by atoms with Gasteiger partial charge in [0.1, 0.15) is 18.2 Å². The van der Waals surface area contributed by atoms with Crippen LogP contribution in [0.15, 0.2) is 48.5 Å². The number of rotatable bonds is 10. The number of aliphatic carboxylic acids is 1. The summed E-state index contributed by atoms with van der Waals surface area (Å²) in [7, 11) is 1.71. The number of benzene rings is 2. The molecule has 0 saturated heterocycles. The number of aromatic nitrogens is 1. The molecule has 3 rings (SSSR count). The Hall–Kier alpha value is -2.95. The number of nitrogens with zero attached hydrogens (tertiary/aromatic N) is 2. The van der Waals surface area contributed by atoms with Crippen LogP contribution in [0.25, 0.3) is 22.0 Å². The molecule has 0 aliphatic rings. The summed E-state index contributed by atoms with van der Waals surface area (Å²) in [5.74, 6) is -0.620. The van der Waals surface area contributed by atoms with Crippen LogP contribution < -0.4 is 4.90 Å². The van der Waals surface area contributed by atoms with Gasteiger partial charge in [0, 0.05) is 12.4 Å². The number of carboxylic acids is 1. The second-order valence-electron chi connectivity index (χ2n) is 7.80. The number of likely N-dealkylation sites (N-methyl/N-ethyl adjacent to an activating group) is 1. The molecule has 4 nitrogen and oxygen atoms in total. The van der Waals surface area contributed by atoms with Gasteiger partial charge >= 0.3 is 5.97 Å². The van der Waals surface area contributed by atoms with E-state index in [1.165, 1.54) is 43.4 Å². The van der Waals surface area contributed by atoms with E-state index >= 15 is 0 Å². The number of carbonyl (C=O) groups is 1. The number of anilines is 1. The first kappa shape index (κ1) is 21.8. The Kier molecular flexibility index (Phi) is 7.39. The lowest BCUT2D eigenvalue weighted by Gasteiger charge is -2.18. The van der Waals surface area contributed by atoms with Gasteiger partial charge in [-0.25, -0.2) is 9.37 Å². The monoisotopic (exact) mass is 408 g/mol. The van der Waals surface area contributed by atoms with E-state index in [2.05, 4.69) is 24.0 Å². The van der Waals surface area contributed by atoms with Crippen LogP contribution in [0.5, 0.6) is 0 Å². The van der Waals surface area contributed by atoms with Crippen LogP contribution in [0.3, 0.4) is 0 Å². The lowest BCUT2D eigenvalue weighted by atomic mass is 9.97. The number of fused-ring (bicyclic) bond motifs is 1. The van der Waals surface area contributed by atoms with Crippen molar-refractivity contribution in [3.63, 3.8) is 0 Å². The van der Waals surface area contributed by atoms with Crippen LogP contribution >= 0.6 is 0 Å². The Labute approximate surface area is 177 Å². The molecule has 1 N–H and O–H groups in total. The summed E-state index contributed by atoms with van der Waals surface area (Å²) in [6.45, 7) is 2.08. The highest BCUT2D eigenvalue weighted by atomic mass is 19.1. The molecule has 0 aliphatic carbocycles. The summed E-state index contributed by atoms with van der Waals surface area (Å²) in [5, 5.41) is 10.1. The van der Waals surface area contributed by atoms with Gasteiger partial charge < -0.3 is 10.0 Å². The van der Waals surface area contributed by atoms with Gasteiger partial charge in [-0.15, -0.1) is 0 Å². The smallest absolute Gasteiger partial charge is 0.323 e. The molecule has 0 unspecified atom stereocenters. The van der Waals surface area contributed by atoms with E-state index in [0.29, 0.717) is 5.82 Å². The highest BCUT2D eigenvalue weighted by molar-refractivity contribution is 5.96. The van der Waals surface area contributed by atoms with E-state index in [4.69, 9.17) is 5.11 Å². The van der Waals surface area contributed by atoms with Gasteiger partial charge in [0.25, 0.3) is 0 Å². The van der Waals surface area contributed by atoms with Crippen molar-refractivity contribution in [1.82, 2.24) is 4.98 Å². The highest BCUT2D eigenvalue weighted by Gasteiger charge is 2.13. The van der Waals surface area contributed by atoms with E-state index in [1.54, 1.807) is 24.1 Å². The third-order valence-corrected chi connectivity index (χ3v) is 5.35. The molecule has 5 heteroatoms. The predicted molar refractivity (Wildman–Crippen MR) is 121 cm³/mol. The summed E-state index contributed by atoms with van der Waals surface area (Å²) in [6, 6.07) is 14.6. The average Bonchev–Trinajstić information content (AvgIpc) is 2.73. The Morgan fingerprint density at radius 3 is 2.47 bits per heavy atom. The Bertz CT molecular complexity index is 1000. The average molecular weight is 409 g/mol. The first-order valence-corrected chi connectivity index (χ1v) is 10.6. The molecule has 158 valence electrons. The summed E-state index contributed by atoms with van der Waals surface area (Å²) in [6.07, 6.45) is 7.19. The summed E-state index contributed by atoms with van der Waals surface area (Å²) < 4.78 is 13.5. The van der Waals surface area contributed by atoms with Gasteiger partial charge in [-0.05, 0) is 59.9 Å². The molecule has 1 aromatic heterocycles. The fourth-order valence-corrected chi connectivity index (χ4v) is 3.69. The van der Waals surface area contributed by atoms with Crippen molar-refractivity contribution >= 4 is 22.7 Å². The molecular weight excluding hydrogens is 379 g/mol. The van der Waals surface area contributed by atoms with Crippen molar-refractivity contribution in [3.05, 3.63) is 59.9 Å². The Morgan fingerprint density at radius 1 is 1.03 bits per heavy atom. The molecule has 0 radical (unpaired) electrons. The fraction of sp³-hybridized carbons (Fsp3) is 0.360. The van der Waals surface area contributed by atoms with Crippen LogP contribution in [0.2, 0.25) is 0 Å². The van der Waals surface area contributed by atoms with Crippen LogP contribution in [0.1, 0.15) is 44.6 Å². The zero-order valence-electron chi connectivity index (χ0n) is 17.7. The molecular formula is C25H29FN2O2. The van der Waals surface area contributed by atoms with Crippen molar-refractivity contribution in [2.75, 3.05) is 18.5 Å². The Balaban J connectivity index is 1.98. The minimum absolute atomic E-state index is 0.142. The largest absolute Gasteiger partial charge is 0.480 e. The normalized spacial score (nSPS) is 11.0. The zero-order valence-corrected chi connectivity index (χ0v) is 17.7. The number of halogens is 1. The molecule has 0 amide bonds. The number of carboxylic acid groups (broad SMARTS) is 1. The van der Waals surface area contributed by atoms with Gasteiger partial charge in [-0.2, -0.15) is 0 Å². The number of aryl methyl sites for hydroxylation is 1. The SMILES string of the molecule is CCCCCCCc1ccc2nc(N(C)CC(=O)O)cc(-c3ccc(F)cc3)c2c1. The molecule has 1 heterocycles. The van der Waals surface area contributed by atoms with Gasteiger partial charge in [0.2, 0.25) is 0 Å².